The number of rotatable bonds is 7. The maximum Gasteiger partial charge on any atom is 0.251 e. The van der Waals surface area contributed by atoms with Crippen molar-refractivity contribution in [1.29, 1.82) is 0 Å². The predicted octanol–water partition coefficient (Wildman–Crippen LogP) is 3.85. The summed E-state index contributed by atoms with van der Waals surface area (Å²) >= 11 is 0. The maximum absolute atomic E-state index is 12.5. The van der Waals surface area contributed by atoms with Crippen LogP contribution in [0.2, 0.25) is 0 Å². The number of amides is 1. The van der Waals surface area contributed by atoms with Gasteiger partial charge < -0.3 is 15.4 Å². The summed E-state index contributed by atoms with van der Waals surface area (Å²) in [4.78, 5) is 19.7. The second-order valence-electron chi connectivity index (χ2n) is 8.76. The molecule has 2 N–H and O–H groups in total. The number of morpholine rings is 1. The topological polar surface area (TPSA) is 66.5 Å². The van der Waals surface area contributed by atoms with Crippen molar-refractivity contribution < 1.29 is 9.53 Å². The van der Waals surface area contributed by atoms with E-state index in [1.807, 2.05) is 24.3 Å². The van der Waals surface area contributed by atoms with Crippen molar-refractivity contribution in [1.82, 2.24) is 15.2 Å². The number of aryl methyl sites for hydroxylation is 1. The number of anilines is 1. The molecular formula is C26H30N4O2. The fourth-order valence-electron chi connectivity index (χ4n) is 4.13. The Morgan fingerprint density at radius 1 is 1.09 bits per heavy atom. The van der Waals surface area contributed by atoms with Crippen LogP contribution in [0, 0.1) is 6.92 Å². The molecule has 5 rings (SSSR count). The number of hydrogen-bond donors (Lipinski definition) is 2. The SMILES string of the molecule is Cc1ccc(C(=O)NC2CC2)cc1-c1ccc2nc(NCCN3CCOCC3)ccc2c1. The predicted molar refractivity (Wildman–Crippen MR) is 128 cm³/mol. The molecule has 1 aromatic heterocycles. The molecule has 1 amide bonds. The molecule has 32 heavy (non-hydrogen) atoms. The summed E-state index contributed by atoms with van der Waals surface area (Å²) in [6.45, 7) is 7.59. The van der Waals surface area contributed by atoms with Crippen LogP contribution < -0.4 is 10.6 Å². The summed E-state index contributed by atoms with van der Waals surface area (Å²) in [7, 11) is 0. The molecule has 1 saturated carbocycles. The van der Waals surface area contributed by atoms with Crippen LogP contribution in [0.5, 0.6) is 0 Å². The van der Waals surface area contributed by atoms with E-state index in [-0.39, 0.29) is 5.91 Å². The van der Waals surface area contributed by atoms with E-state index in [4.69, 9.17) is 9.72 Å². The summed E-state index contributed by atoms with van der Waals surface area (Å²) < 4.78 is 5.40. The van der Waals surface area contributed by atoms with Gasteiger partial charge in [-0.1, -0.05) is 12.1 Å². The highest BCUT2D eigenvalue weighted by Crippen LogP contribution is 2.28. The standard InChI is InChI=1S/C26H30N4O2/c1-18-2-3-21(26(31)28-22-6-7-22)17-23(18)19-4-8-24-20(16-19)5-9-25(29-24)27-10-11-30-12-14-32-15-13-30/h2-5,8-9,16-17,22H,6-7,10-15H2,1H3,(H,27,29)(H,28,31). The first-order valence-electron chi connectivity index (χ1n) is 11.5. The highest BCUT2D eigenvalue weighted by atomic mass is 16.5. The number of carbonyl (C=O) groups excluding carboxylic acids is 1. The van der Waals surface area contributed by atoms with Gasteiger partial charge in [0.25, 0.3) is 5.91 Å². The third-order valence-corrected chi connectivity index (χ3v) is 6.25. The molecule has 1 saturated heterocycles. The van der Waals surface area contributed by atoms with Crippen molar-refractivity contribution in [2.45, 2.75) is 25.8 Å². The van der Waals surface area contributed by atoms with Gasteiger partial charge in [0.1, 0.15) is 5.82 Å². The minimum atomic E-state index is 0.0176. The zero-order chi connectivity index (χ0) is 21.9. The molecular weight excluding hydrogens is 400 g/mol. The summed E-state index contributed by atoms with van der Waals surface area (Å²) in [5.41, 5.74) is 5.02. The van der Waals surface area contributed by atoms with Gasteiger partial charge >= 0.3 is 0 Å². The smallest absolute Gasteiger partial charge is 0.251 e. The summed E-state index contributed by atoms with van der Waals surface area (Å²) in [6.07, 6.45) is 2.18. The summed E-state index contributed by atoms with van der Waals surface area (Å²) in [5, 5.41) is 7.61. The number of carbonyl (C=O) groups is 1. The average molecular weight is 431 g/mol. The molecule has 2 aliphatic rings. The van der Waals surface area contributed by atoms with Gasteiger partial charge in [0.15, 0.2) is 0 Å². The number of nitrogens with one attached hydrogen (secondary N) is 2. The zero-order valence-electron chi connectivity index (χ0n) is 18.6. The molecule has 1 aliphatic carbocycles. The highest BCUT2D eigenvalue weighted by Gasteiger charge is 2.24. The Balaban J connectivity index is 1.30. The van der Waals surface area contributed by atoms with Crippen molar-refractivity contribution in [3.63, 3.8) is 0 Å². The molecule has 0 radical (unpaired) electrons. The average Bonchev–Trinajstić information content (AvgIpc) is 3.64. The lowest BCUT2D eigenvalue weighted by Gasteiger charge is -2.26. The Bertz CT molecular complexity index is 1120. The van der Waals surface area contributed by atoms with Gasteiger partial charge in [0, 0.05) is 43.2 Å². The van der Waals surface area contributed by atoms with Crippen molar-refractivity contribution in [3.05, 3.63) is 59.7 Å². The van der Waals surface area contributed by atoms with Crippen LogP contribution in [0.25, 0.3) is 22.0 Å². The maximum atomic E-state index is 12.5. The quantitative estimate of drug-likeness (QED) is 0.596. The number of fused-ring (bicyclic) bond motifs is 1. The van der Waals surface area contributed by atoms with Gasteiger partial charge in [-0.2, -0.15) is 0 Å². The Morgan fingerprint density at radius 3 is 2.75 bits per heavy atom. The van der Waals surface area contributed by atoms with Gasteiger partial charge in [-0.05, 0) is 72.9 Å². The van der Waals surface area contributed by atoms with Crippen LogP contribution in [0.15, 0.2) is 48.5 Å². The van der Waals surface area contributed by atoms with E-state index in [1.165, 1.54) is 0 Å². The first-order chi connectivity index (χ1) is 15.7. The van der Waals surface area contributed by atoms with Gasteiger partial charge in [-0.15, -0.1) is 0 Å². The van der Waals surface area contributed by atoms with Gasteiger partial charge in [-0.3, -0.25) is 9.69 Å². The second kappa shape index (κ2) is 9.27. The first kappa shape index (κ1) is 20.9. The minimum Gasteiger partial charge on any atom is -0.379 e. The Hall–Kier alpha value is -2.96. The molecule has 0 unspecified atom stereocenters. The molecule has 2 fully saturated rings. The van der Waals surface area contributed by atoms with Crippen LogP contribution in [-0.4, -0.2) is 61.2 Å². The van der Waals surface area contributed by atoms with E-state index in [1.54, 1.807) is 0 Å². The number of benzene rings is 2. The summed E-state index contributed by atoms with van der Waals surface area (Å²) in [5.74, 6) is 0.914. The zero-order valence-corrected chi connectivity index (χ0v) is 18.6. The van der Waals surface area contributed by atoms with Crippen LogP contribution in [0.1, 0.15) is 28.8 Å². The van der Waals surface area contributed by atoms with E-state index in [0.29, 0.717) is 6.04 Å². The molecule has 6 heteroatoms. The van der Waals surface area contributed by atoms with Crippen molar-refractivity contribution in [2.24, 2.45) is 0 Å². The molecule has 6 nitrogen and oxygen atoms in total. The molecule has 0 bridgehead atoms. The van der Waals surface area contributed by atoms with E-state index < -0.39 is 0 Å². The van der Waals surface area contributed by atoms with Crippen molar-refractivity contribution in [3.8, 4) is 11.1 Å². The monoisotopic (exact) mass is 430 g/mol. The second-order valence-corrected chi connectivity index (χ2v) is 8.76. The van der Waals surface area contributed by atoms with Crippen molar-refractivity contribution in [2.75, 3.05) is 44.7 Å². The van der Waals surface area contributed by atoms with Crippen molar-refractivity contribution >= 4 is 22.6 Å². The lowest BCUT2D eigenvalue weighted by molar-refractivity contribution is 0.0398. The minimum absolute atomic E-state index is 0.0176. The van der Waals surface area contributed by atoms with Crippen LogP contribution in [-0.2, 0) is 4.74 Å². The van der Waals surface area contributed by atoms with E-state index in [9.17, 15) is 4.79 Å². The van der Waals surface area contributed by atoms with Gasteiger partial charge in [-0.25, -0.2) is 4.98 Å². The normalized spacial score (nSPS) is 16.8. The van der Waals surface area contributed by atoms with E-state index >= 15 is 0 Å². The lowest BCUT2D eigenvalue weighted by atomic mass is 9.96. The van der Waals surface area contributed by atoms with Crippen LogP contribution in [0.3, 0.4) is 0 Å². The Labute approximate surface area is 189 Å². The number of aromatic nitrogens is 1. The number of hydrogen-bond acceptors (Lipinski definition) is 5. The lowest BCUT2D eigenvalue weighted by Crippen LogP contribution is -2.39. The Kier molecular flexibility index (Phi) is 6.06. The van der Waals surface area contributed by atoms with E-state index in [2.05, 4.69) is 46.7 Å². The molecule has 3 aromatic rings. The summed E-state index contributed by atoms with van der Waals surface area (Å²) in [6, 6.07) is 16.8. The molecule has 0 spiro atoms. The first-order valence-corrected chi connectivity index (χ1v) is 11.5. The third kappa shape index (κ3) is 4.92. The highest BCUT2D eigenvalue weighted by molar-refractivity contribution is 5.96. The Morgan fingerprint density at radius 2 is 1.94 bits per heavy atom. The van der Waals surface area contributed by atoms with Crippen LogP contribution in [0.4, 0.5) is 5.82 Å². The fourth-order valence-corrected chi connectivity index (χ4v) is 4.13. The number of nitrogens with zero attached hydrogens (tertiary/aromatic N) is 2. The molecule has 1 aliphatic heterocycles. The molecule has 0 atom stereocenters. The van der Waals surface area contributed by atoms with Crippen LogP contribution >= 0.6 is 0 Å². The molecule has 2 aromatic carbocycles. The largest absolute Gasteiger partial charge is 0.379 e. The van der Waals surface area contributed by atoms with E-state index in [0.717, 1.165) is 91.2 Å². The molecule has 2 heterocycles. The van der Waals surface area contributed by atoms with Gasteiger partial charge in [0.2, 0.25) is 0 Å². The molecule has 166 valence electrons. The fraction of sp³-hybridized carbons (Fsp3) is 0.385. The number of ether oxygens (including phenoxy) is 1. The third-order valence-electron chi connectivity index (χ3n) is 6.25. The number of pyridine rings is 1. The van der Waals surface area contributed by atoms with Gasteiger partial charge in [0.05, 0.1) is 18.7 Å².